The maximum absolute atomic E-state index is 13.1. The molecule has 0 aliphatic heterocycles. The van der Waals surface area contributed by atoms with Gasteiger partial charge in [0.2, 0.25) is 0 Å². The summed E-state index contributed by atoms with van der Waals surface area (Å²) in [6.07, 6.45) is 0. The molecule has 1 aromatic carbocycles. The van der Waals surface area contributed by atoms with Crippen LogP contribution in [0.5, 0.6) is 0 Å². The Bertz CT molecular complexity index is 307. The average Bonchev–Trinajstić information content (AvgIpc) is 2.01. The predicted molar refractivity (Wildman–Crippen MR) is 46.9 cm³/mol. The molecule has 1 aromatic rings. The van der Waals surface area contributed by atoms with Crippen molar-refractivity contribution in [3.63, 3.8) is 0 Å². The molecule has 2 N–H and O–H groups in total. The van der Waals surface area contributed by atoms with Crippen LogP contribution < -0.4 is 5.46 Å². The van der Waals surface area contributed by atoms with E-state index in [0.29, 0.717) is 5.56 Å². The van der Waals surface area contributed by atoms with Crippen LogP contribution >= 0.6 is 0 Å². The topological polar surface area (TPSA) is 49.7 Å². The largest absolute Gasteiger partial charge is 0.494 e. The van der Waals surface area contributed by atoms with E-state index in [-0.39, 0.29) is 6.61 Å². The van der Waals surface area contributed by atoms with Crippen LogP contribution in [0.2, 0.25) is 0 Å². The fourth-order valence-electron chi connectivity index (χ4n) is 1.13. The Labute approximate surface area is 80.1 Å². The molecule has 0 saturated heterocycles. The van der Waals surface area contributed by atoms with Crippen LogP contribution in [0.4, 0.5) is 8.78 Å². The lowest BCUT2D eigenvalue weighted by molar-refractivity contribution is 0.184. The highest BCUT2D eigenvalue weighted by Crippen LogP contribution is 2.07. The van der Waals surface area contributed by atoms with Gasteiger partial charge in [-0.15, -0.1) is 0 Å². The zero-order valence-corrected chi connectivity index (χ0v) is 7.50. The van der Waals surface area contributed by atoms with Gasteiger partial charge in [0.25, 0.3) is 0 Å². The number of hydrogen-bond donors (Lipinski definition) is 2. The molecular weight excluding hydrogens is 193 g/mol. The van der Waals surface area contributed by atoms with Crippen LogP contribution in [0.3, 0.4) is 0 Å². The minimum atomic E-state index is -2.15. The lowest BCUT2D eigenvalue weighted by atomic mass is 9.79. The van der Waals surface area contributed by atoms with Gasteiger partial charge in [-0.05, 0) is 17.7 Å². The van der Waals surface area contributed by atoms with Crippen LogP contribution in [0.25, 0.3) is 0 Å². The van der Waals surface area contributed by atoms with E-state index < -0.39 is 24.2 Å². The number of hydrogen-bond acceptors (Lipinski definition) is 3. The van der Waals surface area contributed by atoms with Crippen LogP contribution in [-0.4, -0.2) is 24.3 Å². The molecule has 0 aliphatic carbocycles. The van der Waals surface area contributed by atoms with Gasteiger partial charge in [0.05, 0.1) is 12.1 Å². The Morgan fingerprint density at radius 3 is 2.14 bits per heavy atom. The number of benzene rings is 1. The SMILES string of the molecule is COCc1cc(F)c(B(O)O)c(F)c1. The van der Waals surface area contributed by atoms with Gasteiger partial charge >= 0.3 is 7.12 Å². The lowest BCUT2D eigenvalue weighted by Gasteiger charge is -2.06. The smallest absolute Gasteiger partial charge is 0.423 e. The summed E-state index contributed by atoms with van der Waals surface area (Å²) in [5.41, 5.74) is -0.447. The highest BCUT2D eigenvalue weighted by molar-refractivity contribution is 6.58. The summed E-state index contributed by atoms with van der Waals surface area (Å²) < 4.78 is 30.8. The monoisotopic (exact) mass is 202 g/mol. The molecule has 76 valence electrons. The second kappa shape index (κ2) is 4.50. The van der Waals surface area contributed by atoms with Crippen LogP contribution in [0.1, 0.15) is 5.56 Å². The standard InChI is InChI=1S/C8H9BF2O3/c1-14-4-5-2-6(10)8(9(12)13)7(11)3-5/h2-3,12-13H,4H2,1H3. The first kappa shape index (κ1) is 11.1. The molecule has 0 unspecified atom stereocenters. The van der Waals surface area contributed by atoms with Crippen molar-refractivity contribution in [3.8, 4) is 0 Å². The highest BCUT2D eigenvalue weighted by atomic mass is 19.1. The fourth-order valence-corrected chi connectivity index (χ4v) is 1.13. The first-order valence-electron chi connectivity index (χ1n) is 3.89. The summed E-state index contributed by atoms with van der Waals surface area (Å²) in [7, 11) is -0.753. The van der Waals surface area contributed by atoms with Crippen molar-refractivity contribution >= 4 is 12.6 Å². The van der Waals surface area contributed by atoms with Crippen molar-refractivity contribution in [2.24, 2.45) is 0 Å². The van der Waals surface area contributed by atoms with Gasteiger partial charge in [-0.25, -0.2) is 8.78 Å². The van der Waals surface area contributed by atoms with Crippen LogP contribution in [0, 0.1) is 11.6 Å². The molecule has 0 aromatic heterocycles. The van der Waals surface area contributed by atoms with Gasteiger partial charge in [0.1, 0.15) is 11.6 Å². The van der Waals surface area contributed by atoms with Crippen LogP contribution in [0.15, 0.2) is 12.1 Å². The third-order valence-corrected chi connectivity index (χ3v) is 1.71. The lowest BCUT2D eigenvalue weighted by Crippen LogP contribution is -2.35. The average molecular weight is 202 g/mol. The zero-order chi connectivity index (χ0) is 10.7. The minimum Gasteiger partial charge on any atom is -0.423 e. The summed E-state index contributed by atoms with van der Waals surface area (Å²) in [4.78, 5) is 0. The number of methoxy groups -OCH3 is 1. The van der Waals surface area contributed by atoms with Gasteiger partial charge in [-0.3, -0.25) is 0 Å². The summed E-state index contributed by atoms with van der Waals surface area (Å²) in [5, 5.41) is 17.3. The first-order valence-corrected chi connectivity index (χ1v) is 3.89. The molecule has 0 aliphatic rings. The predicted octanol–water partition coefficient (Wildman–Crippen LogP) is -0.209. The molecule has 0 radical (unpaired) electrons. The molecule has 0 atom stereocenters. The maximum Gasteiger partial charge on any atom is 0.494 e. The van der Waals surface area contributed by atoms with Gasteiger partial charge in [0, 0.05) is 7.11 Å². The molecule has 0 bridgehead atoms. The molecular formula is C8H9BF2O3. The van der Waals surface area contributed by atoms with Crippen molar-refractivity contribution in [2.75, 3.05) is 7.11 Å². The second-order valence-corrected chi connectivity index (χ2v) is 2.78. The van der Waals surface area contributed by atoms with E-state index in [1.54, 1.807) is 0 Å². The molecule has 14 heavy (non-hydrogen) atoms. The van der Waals surface area contributed by atoms with Crippen LogP contribution in [-0.2, 0) is 11.3 Å². The van der Waals surface area contributed by atoms with E-state index in [1.807, 2.05) is 0 Å². The zero-order valence-electron chi connectivity index (χ0n) is 7.50. The Morgan fingerprint density at radius 2 is 1.79 bits per heavy atom. The first-order chi connectivity index (χ1) is 6.56. The van der Waals surface area contributed by atoms with E-state index in [4.69, 9.17) is 10.0 Å². The Kier molecular flexibility index (Phi) is 3.57. The number of ether oxygens (including phenoxy) is 1. The molecule has 0 fully saturated rings. The molecule has 1 rings (SSSR count). The normalized spacial score (nSPS) is 10.4. The van der Waals surface area contributed by atoms with E-state index in [0.717, 1.165) is 12.1 Å². The van der Waals surface area contributed by atoms with Crippen molar-refractivity contribution in [3.05, 3.63) is 29.3 Å². The molecule has 0 spiro atoms. The van der Waals surface area contributed by atoms with Crippen molar-refractivity contribution in [1.82, 2.24) is 0 Å². The van der Waals surface area contributed by atoms with Gasteiger partial charge in [-0.1, -0.05) is 0 Å². The summed E-state index contributed by atoms with van der Waals surface area (Å²) in [5.74, 6) is -1.99. The fraction of sp³-hybridized carbons (Fsp3) is 0.250. The maximum atomic E-state index is 13.1. The second-order valence-electron chi connectivity index (χ2n) is 2.78. The highest BCUT2D eigenvalue weighted by Gasteiger charge is 2.22. The van der Waals surface area contributed by atoms with Crippen molar-refractivity contribution < 1.29 is 23.6 Å². The Morgan fingerprint density at radius 1 is 1.29 bits per heavy atom. The summed E-state index contributed by atoms with van der Waals surface area (Å²) in [6, 6.07) is 2.00. The van der Waals surface area contributed by atoms with Gasteiger partial charge in [-0.2, -0.15) is 0 Å². The molecule has 6 heteroatoms. The van der Waals surface area contributed by atoms with Crippen molar-refractivity contribution in [2.45, 2.75) is 6.61 Å². The third kappa shape index (κ3) is 2.28. The van der Waals surface area contributed by atoms with E-state index in [9.17, 15) is 8.78 Å². The summed E-state index contributed by atoms with van der Waals surface area (Å²) in [6.45, 7) is 0.0651. The van der Waals surface area contributed by atoms with E-state index >= 15 is 0 Å². The van der Waals surface area contributed by atoms with Gasteiger partial charge in [0.15, 0.2) is 0 Å². The van der Waals surface area contributed by atoms with Gasteiger partial charge < -0.3 is 14.8 Å². The molecule has 3 nitrogen and oxygen atoms in total. The Hall–Kier alpha value is -0.975. The minimum absolute atomic E-state index is 0.0651. The number of rotatable bonds is 3. The number of halogens is 2. The van der Waals surface area contributed by atoms with Crippen molar-refractivity contribution in [1.29, 1.82) is 0 Å². The third-order valence-electron chi connectivity index (χ3n) is 1.71. The molecule has 0 saturated carbocycles. The van der Waals surface area contributed by atoms with E-state index in [1.165, 1.54) is 7.11 Å². The molecule has 0 heterocycles. The quantitative estimate of drug-likeness (QED) is 0.666. The molecule has 0 amide bonds. The van der Waals surface area contributed by atoms with E-state index in [2.05, 4.69) is 4.74 Å². The Balaban J connectivity index is 3.11. The summed E-state index contributed by atoms with van der Waals surface area (Å²) >= 11 is 0.